The number of ether oxygens (including phenoxy) is 2. The molecular weight excluding hydrogens is 503 g/mol. The van der Waals surface area contributed by atoms with E-state index in [1.807, 2.05) is 20.8 Å². The number of carbonyl (C=O) groups excluding carboxylic acids is 2. The van der Waals surface area contributed by atoms with Crippen molar-refractivity contribution in [2.45, 2.75) is 33.2 Å². The maximum absolute atomic E-state index is 15.0. The Kier molecular flexibility index (Phi) is 7.47. The Morgan fingerprint density at radius 2 is 2.03 bits per heavy atom. The number of rotatable bonds is 6. The lowest BCUT2D eigenvalue weighted by molar-refractivity contribution is -0.115. The minimum atomic E-state index is -0.751. The first kappa shape index (κ1) is 24.5. The van der Waals surface area contributed by atoms with E-state index in [0.29, 0.717) is 23.8 Å². The number of carbonyl (C=O) groups is 2. The van der Waals surface area contributed by atoms with E-state index in [0.717, 1.165) is 16.1 Å². The van der Waals surface area contributed by atoms with Gasteiger partial charge in [0.1, 0.15) is 11.5 Å². The molecule has 0 radical (unpaired) electrons. The van der Waals surface area contributed by atoms with Crippen molar-refractivity contribution < 1.29 is 23.5 Å². The average molecular weight is 528 g/mol. The summed E-state index contributed by atoms with van der Waals surface area (Å²) in [5, 5.41) is 6.30. The maximum atomic E-state index is 15.0. The molecule has 1 atom stereocenters. The quantitative estimate of drug-likeness (QED) is 0.495. The highest BCUT2D eigenvalue weighted by molar-refractivity contribution is 9.10. The Morgan fingerprint density at radius 3 is 2.66 bits per heavy atom. The SMILES string of the molecule is COC(=O)c1cc(F)c(NC(=O)Cc2cc(C)c(Br)cc2Cl)c(N[C@@H]2COCC2(C)C)c1. The average Bonchev–Trinajstić information content (AvgIpc) is 3.05. The number of hydrogen-bond acceptors (Lipinski definition) is 5. The number of esters is 1. The van der Waals surface area contributed by atoms with Crippen molar-refractivity contribution in [1.29, 1.82) is 0 Å². The van der Waals surface area contributed by atoms with Crippen LogP contribution >= 0.6 is 27.5 Å². The van der Waals surface area contributed by atoms with Crippen LogP contribution in [0.4, 0.5) is 15.8 Å². The normalized spacial score (nSPS) is 17.2. The molecule has 0 saturated carbocycles. The number of methoxy groups -OCH3 is 1. The first-order valence-corrected chi connectivity index (χ1v) is 11.2. The molecule has 2 N–H and O–H groups in total. The molecule has 1 fully saturated rings. The van der Waals surface area contributed by atoms with Crippen LogP contribution in [0.1, 0.15) is 35.3 Å². The summed E-state index contributed by atoms with van der Waals surface area (Å²) < 4.78 is 26.2. The van der Waals surface area contributed by atoms with Gasteiger partial charge < -0.3 is 20.1 Å². The van der Waals surface area contributed by atoms with Gasteiger partial charge in [-0.05, 0) is 36.2 Å². The molecule has 0 unspecified atom stereocenters. The molecular formula is C23H25BrClFN2O4. The number of anilines is 2. The fraction of sp³-hybridized carbons (Fsp3) is 0.391. The number of aryl methyl sites for hydroxylation is 1. The highest BCUT2D eigenvalue weighted by Gasteiger charge is 2.36. The fourth-order valence-corrected chi connectivity index (χ4v) is 4.19. The highest BCUT2D eigenvalue weighted by atomic mass is 79.9. The Hall–Kier alpha value is -2.16. The van der Waals surface area contributed by atoms with Gasteiger partial charge in [-0.25, -0.2) is 9.18 Å². The van der Waals surface area contributed by atoms with Crippen LogP contribution in [0, 0.1) is 18.2 Å². The monoisotopic (exact) mass is 526 g/mol. The van der Waals surface area contributed by atoms with E-state index in [9.17, 15) is 9.59 Å². The van der Waals surface area contributed by atoms with E-state index in [-0.39, 0.29) is 34.8 Å². The lowest BCUT2D eigenvalue weighted by atomic mass is 9.87. The largest absolute Gasteiger partial charge is 0.465 e. The van der Waals surface area contributed by atoms with Crippen molar-refractivity contribution in [2.75, 3.05) is 31.0 Å². The molecule has 0 bridgehead atoms. The summed E-state index contributed by atoms with van der Waals surface area (Å²) in [6.45, 7) is 6.88. The van der Waals surface area contributed by atoms with Gasteiger partial charge in [-0.15, -0.1) is 0 Å². The molecule has 172 valence electrons. The number of amides is 1. The summed E-state index contributed by atoms with van der Waals surface area (Å²) in [4.78, 5) is 24.8. The van der Waals surface area contributed by atoms with Crippen molar-refractivity contribution in [2.24, 2.45) is 5.41 Å². The van der Waals surface area contributed by atoms with Crippen molar-refractivity contribution in [3.8, 4) is 0 Å². The molecule has 32 heavy (non-hydrogen) atoms. The van der Waals surface area contributed by atoms with E-state index >= 15 is 4.39 Å². The third kappa shape index (κ3) is 5.42. The van der Waals surface area contributed by atoms with Crippen molar-refractivity contribution in [3.05, 3.63) is 56.3 Å². The third-order valence-electron chi connectivity index (χ3n) is 5.49. The van der Waals surface area contributed by atoms with Gasteiger partial charge in [0.2, 0.25) is 5.91 Å². The standard InChI is InChI=1S/C23H25BrClFN2O4/c1-12-5-13(16(25)9-15(12)24)8-20(29)28-21-17(26)6-14(22(30)31-4)7-18(21)27-19-10-32-11-23(19,2)3/h5-7,9,19,27H,8,10-11H2,1-4H3,(H,28,29)/t19-/m1/s1. The van der Waals surface area contributed by atoms with E-state index in [1.54, 1.807) is 12.1 Å². The smallest absolute Gasteiger partial charge is 0.338 e. The second kappa shape index (κ2) is 9.77. The molecule has 0 spiro atoms. The molecule has 2 aromatic rings. The first-order valence-electron chi connectivity index (χ1n) is 10.0. The minimum Gasteiger partial charge on any atom is -0.465 e. The lowest BCUT2D eigenvalue weighted by Crippen LogP contribution is -2.35. The molecule has 2 aromatic carbocycles. The number of nitrogens with one attached hydrogen (secondary N) is 2. The van der Waals surface area contributed by atoms with Crippen molar-refractivity contribution in [1.82, 2.24) is 0 Å². The molecule has 3 rings (SSSR count). The molecule has 1 heterocycles. The van der Waals surface area contributed by atoms with Gasteiger partial charge in [0, 0.05) is 14.9 Å². The Labute approximate surface area is 199 Å². The molecule has 1 saturated heterocycles. The predicted octanol–water partition coefficient (Wildman–Crippen LogP) is 5.35. The zero-order chi connectivity index (χ0) is 23.6. The molecule has 0 aromatic heterocycles. The zero-order valence-corrected chi connectivity index (χ0v) is 20.6. The zero-order valence-electron chi connectivity index (χ0n) is 18.3. The first-order chi connectivity index (χ1) is 15.0. The van der Waals surface area contributed by atoms with Gasteiger partial charge in [0.05, 0.1) is 44.0 Å². The fourth-order valence-electron chi connectivity index (χ4n) is 3.48. The van der Waals surface area contributed by atoms with E-state index in [2.05, 4.69) is 26.6 Å². The highest BCUT2D eigenvalue weighted by Crippen LogP contribution is 2.35. The van der Waals surface area contributed by atoms with Crippen LogP contribution in [0.15, 0.2) is 28.7 Å². The Balaban J connectivity index is 1.91. The van der Waals surface area contributed by atoms with E-state index in [4.69, 9.17) is 21.1 Å². The van der Waals surface area contributed by atoms with Gasteiger partial charge >= 0.3 is 5.97 Å². The molecule has 1 aliphatic rings. The van der Waals surface area contributed by atoms with Gasteiger partial charge in [0.15, 0.2) is 0 Å². The van der Waals surface area contributed by atoms with Crippen LogP contribution in [0.2, 0.25) is 5.02 Å². The number of benzene rings is 2. The van der Waals surface area contributed by atoms with Gasteiger partial charge in [0.25, 0.3) is 0 Å². The summed E-state index contributed by atoms with van der Waals surface area (Å²) in [6.07, 6.45) is -0.0391. The van der Waals surface area contributed by atoms with Crippen molar-refractivity contribution >= 4 is 50.8 Å². The summed E-state index contributed by atoms with van der Waals surface area (Å²) in [5.74, 6) is -1.87. The van der Waals surface area contributed by atoms with Crippen LogP contribution in [0.5, 0.6) is 0 Å². The van der Waals surface area contributed by atoms with Crippen LogP contribution in [0.25, 0.3) is 0 Å². The summed E-state index contributed by atoms with van der Waals surface area (Å²) >= 11 is 9.67. The summed E-state index contributed by atoms with van der Waals surface area (Å²) in [5.41, 5.74) is 1.60. The summed E-state index contributed by atoms with van der Waals surface area (Å²) in [6, 6.07) is 5.89. The molecule has 6 nitrogen and oxygen atoms in total. The van der Waals surface area contributed by atoms with Crippen molar-refractivity contribution in [3.63, 3.8) is 0 Å². The van der Waals surface area contributed by atoms with Gasteiger partial charge in [-0.2, -0.15) is 0 Å². The summed E-state index contributed by atoms with van der Waals surface area (Å²) in [7, 11) is 1.22. The Morgan fingerprint density at radius 1 is 1.31 bits per heavy atom. The molecule has 9 heteroatoms. The van der Waals surface area contributed by atoms with Crippen LogP contribution in [-0.2, 0) is 20.7 Å². The van der Waals surface area contributed by atoms with Gasteiger partial charge in [-0.3, -0.25) is 4.79 Å². The van der Waals surface area contributed by atoms with Crippen LogP contribution < -0.4 is 10.6 Å². The molecule has 1 aliphatic heterocycles. The third-order valence-corrected chi connectivity index (χ3v) is 6.69. The van der Waals surface area contributed by atoms with E-state index in [1.165, 1.54) is 13.2 Å². The lowest BCUT2D eigenvalue weighted by Gasteiger charge is -2.28. The molecule has 1 amide bonds. The minimum absolute atomic E-state index is 0.0359. The predicted molar refractivity (Wildman–Crippen MR) is 126 cm³/mol. The van der Waals surface area contributed by atoms with Gasteiger partial charge in [-0.1, -0.05) is 47.4 Å². The number of hydrogen-bond donors (Lipinski definition) is 2. The number of halogens is 3. The Bertz CT molecular complexity index is 1060. The topological polar surface area (TPSA) is 76.7 Å². The maximum Gasteiger partial charge on any atom is 0.338 e. The second-order valence-electron chi connectivity index (χ2n) is 8.49. The van der Waals surface area contributed by atoms with Crippen LogP contribution in [0.3, 0.4) is 0 Å². The second-order valence-corrected chi connectivity index (χ2v) is 9.75. The van der Waals surface area contributed by atoms with Crippen LogP contribution in [-0.4, -0.2) is 38.2 Å². The van der Waals surface area contributed by atoms with E-state index < -0.39 is 17.7 Å². The molecule has 0 aliphatic carbocycles.